The molecule has 0 aromatic heterocycles. The summed E-state index contributed by atoms with van der Waals surface area (Å²) < 4.78 is 10.5. The van der Waals surface area contributed by atoms with Crippen molar-refractivity contribution in [2.24, 2.45) is 5.41 Å². The second kappa shape index (κ2) is 9.71. The summed E-state index contributed by atoms with van der Waals surface area (Å²) in [6.07, 6.45) is 3.68. The van der Waals surface area contributed by atoms with Gasteiger partial charge in [-0.3, -0.25) is 9.59 Å². The van der Waals surface area contributed by atoms with Gasteiger partial charge in [-0.2, -0.15) is 0 Å². The van der Waals surface area contributed by atoms with Crippen LogP contribution < -0.4 is 4.74 Å². The Balaban J connectivity index is 1.71. The number of amides is 1. The van der Waals surface area contributed by atoms with Crippen LogP contribution >= 0.6 is 0 Å². The monoisotopic (exact) mass is 389 g/mol. The third kappa shape index (κ3) is 5.33. The minimum Gasteiger partial charge on any atom is -0.497 e. The summed E-state index contributed by atoms with van der Waals surface area (Å²) >= 11 is 0. The van der Waals surface area contributed by atoms with Crippen LogP contribution in [0.4, 0.5) is 0 Å². The first kappa shape index (κ1) is 21.9. The number of aryl methyl sites for hydroxylation is 1. The van der Waals surface area contributed by atoms with Gasteiger partial charge in [0.1, 0.15) is 11.8 Å². The highest BCUT2D eigenvalue weighted by Gasteiger charge is 2.44. The van der Waals surface area contributed by atoms with Crippen LogP contribution in [-0.4, -0.2) is 48.9 Å². The van der Waals surface area contributed by atoms with Crippen molar-refractivity contribution >= 4 is 17.7 Å². The van der Waals surface area contributed by atoms with Gasteiger partial charge >= 0.3 is 5.97 Å². The van der Waals surface area contributed by atoms with Gasteiger partial charge in [-0.15, -0.1) is 0 Å². The van der Waals surface area contributed by atoms with Gasteiger partial charge in [0.15, 0.2) is 0 Å². The summed E-state index contributed by atoms with van der Waals surface area (Å²) in [7, 11) is 1.64. The van der Waals surface area contributed by atoms with E-state index in [9.17, 15) is 14.4 Å². The molecule has 1 heterocycles. The molecule has 0 N–H and O–H groups in total. The Labute approximate surface area is 167 Å². The summed E-state index contributed by atoms with van der Waals surface area (Å²) in [5.41, 5.74) is 0.503. The highest BCUT2D eigenvalue weighted by molar-refractivity contribution is 6.38. The van der Waals surface area contributed by atoms with Crippen LogP contribution in [0, 0.1) is 5.41 Å². The molecule has 1 atom stereocenters. The first-order valence-electron chi connectivity index (χ1n) is 9.95. The van der Waals surface area contributed by atoms with Gasteiger partial charge in [-0.1, -0.05) is 32.9 Å². The Hall–Kier alpha value is -2.37. The van der Waals surface area contributed by atoms with Crippen molar-refractivity contribution in [1.82, 2.24) is 4.90 Å². The average Bonchev–Trinajstić information content (AvgIpc) is 2.66. The van der Waals surface area contributed by atoms with Crippen LogP contribution in [0.25, 0.3) is 0 Å². The molecule has 0 bridgehead atoms. The Morgan fingerprint density at radius 1 is 1.14 bits per heavy atom. The zero-order valence-electron chi connectivity index (χ0n) is 17.3. The maximum absolute atomic E-state index is 12.4. The van der Waals surface area contributed by atoms with Crippen LogP contribution in [0.2, 0.25) is 0 Å². The summed E-state index contributed by atoms with van der Waals surface area (Å²) in [5, 5.41) is 0. The first-order chi connectivity index (χ1) is 13.3. The lowest BCUT2D eigenvalue weighted by Crippen LogP contribution is -2.59. The zero-order chi connectivity index (χ0) is 20.7. The van der Waals surface area contributed by atoms with E-state index in [0.29, 0.717) is 26.0 Å². The Morgan fingerprint density at radius 2 is 1.82 bits per heavy atom. The fourth-order valence-corrected chi connectivity index (χ4v) is 2.95. The third-order valence-corrected chi connectivity index (χ3v) is 5.51. The van der Waals surface area contributed by atoms with E-state index in [-0.39, 0.29) is 0 Å². The molecule has 1 fully saturated rings. The van der Waals surface area contributed by atoms with Gasteiger partial charge in [0.05, 0.1) is 13.7 Å². The summed E-state index contributed by atoms with van der Waals surface area (Å²) in [5.74, 6) is -0.587. The summed E-state index contributed by atoms with van der Waals surface area (Å²) in [4.78, 5) is 38.3. The number of likely N-dealkylation sites (tertiary alicyclic amines) is 1. The van der Waals surface area contributed by atoms with Gasteiger partial charge in [0.25, 0.3) is 5.91 Å². The van der Waals surface area contributed by atoms with E-state index in [0.717, 1.165) is 25.0 Å². The predicted molar refractivity (Wildman–Crippen MR) is 106 cm³/mol. The van der Waals surface area contributed by atoms with E-state index < -0.39 is 29.1 Å². The number of nitrogens with zero attached hydrogens (tertiary/aromatic N) is 1. The third-order valence-electron chi connectivity index (χ3n) is 5.51. The number of ketones is 1. The molecule has 1 amide bonds. The maximum Gasteiger partial charge on any atom is 0.328 e. The lowest BCUT2D eigenvalue weighted by molar-refractivity contribution is -0.165. The molecule has 1 aliphatic rings. The van der Waals surface area contributed by atoms with E-state index in [1.54, 1.807) is 21.0 Å². The number of hydrogen-bond acceptors (Lipinski definition) is 5. The molecule has 1 unspecified atom stereocenters. The van der Waals surface area contributed by atoms with Gasteiger partial charge in [0, 0.05) is 12.0 Å². The van der Waals surface area contributed by atoms with Gasteiger partial charge in [0.2, 0.25) is 5.78 Å². The molecule has 0 spiro atoms. The zero-order valence-corrected chi connectivity index (χ0v) is 17.3. The standard InChI is InChI=1S/C22H31NO5/c1-5-22(2,3)19(24)20(25)23-14-13-18(23)21(26)28-15-7-6-8-16-9-11-17(27-4)12-10-16/h9-12,18H,5-8,13-15H2,1-4H3. The normalized spacial score (nSPS) is 16.3. The fourth-order valence-electron chi connectivity index (χ4n) is 2.95. The Bertz CT molecular complexity index is 695. The van der Waals surface area contributed by atoms with E-state index in [4.69, 9.17) is 9.47 Å². The van der Waals surface area contributed by atoms with Crippen LogP contribution in [0.5, 0.6) is 5.75 Å². The predicted octanol–water partition coefficient (Wildman–Crippen LogP) is 3.17. The molecule has 154 valence electrons. The summed E-state index contributed by atoms with van der Waals surface area (Å²) in [6, 6.07) is 7.29. The number of hydrogen-bond donors (Lipinski definition) is 0. The minimum atomic E-state index is -0.706. The lowest BCUT2D eigenvalue weighted by atomic mass is 9.84. The molecular formula is C22H31NO5. The molecule has 1 saturated heterocycles. The minimum absolute atomic E-state index is 0.321. The smallest absolute Gasteiger partial charge is 0.328 e. The molecule has 1 aromatic carbocycles. The average molecular weight is 389 g/mol. The van der Waals surface area contributed by atoms with Crippen molar-refractivity contribution in [3.05, 3.63) is 29.8 Å². The maximum atomic E-state index is 12.4. The van der Waals surface area contributed by atoms with Crippen LogP contribution in [0.1, 0.15) is 52.0 Å². The van der Waals surface area contributed by atoms with Gasteiger partial charge in [-0.25, -0.2) is 4.79 Å². The number of ether oxygens (including phenoxy) is 2. The van der Waals surface area contributed by atoms with E-state index in [1.807, 2.05) is 31.2 Å². The number of unbranched alkanes of at least 4 members (excludes halogenated alkanes) is 1. The fraction of sp³-hybridized carbons (Fsp3) is 0.591. The molecule has 0 saturated carbocycles. The van der Waals surface area contributed by atoms with E-state index in [1.165, 1.54) is 10.5 Å². The van der Waals surface area contributed by atoms with Gasteiger partial charge < -0.3 is 14.4 Å². The van der Waals surface area contributed by atoms with E-state index in [2.05, 4.69) is 0 Å². The first-order valence-corrected chi connectivity index (χ1v) is 9.95. The van der Waals surface area contributed by atoms with Crippen molar-refractivity contribution in [2.75, 3.05) is 20.3 Å². The molecule has 0 aliphatic carbocycles. The van der Waals surface area contributed by atoms with Crippen molar-refractivity contribution in [3.63, 3.8) is 0 Å². The van der Waals surface area contributed by atoms with Crippen LogP contribution in [0.3, 0.4) is 0 Å². The number of benzene rings is 1. The number of rotatable bonds is 10. The molecule has 2 rings (SSSR count). The molecule has 1 aliphatic heterocycles. The number of carbonyl (C=O) groups excluding carboxylic acids is 3. The topological polar surface area (TPSA) is 72.9 Å². The highest BCUT2D eigenvalue weighted by Crippen LogP contribution is 2.26. The SMILES string of the molecule is CCC(C)(C)C(=O)C(=O)N1CCC1C(=O)OCCCCc1ccc(OC)cc1. The number of carbonyl (C=O) groups is 3. The second-order valence-corrected chi connectivity index (χ2v) is 7.84. The quantitative estimate of drug-likeness (QED) is 0.349. The largest absolute Gasteiger partial charge is 0.497 e. The Kier molecular flexibility index (Phi) is 7.61. The van der Waals surface area contributed by atoms with Crippen molar-refractivity contribution in [1.29, 1.82) is 0 Å². The van der Waals surface area contributed by atoms with Crippen molar-refractivity contribution in [2.45, 2.75) is 58.9 Å². The summed E-state index contributed by atoms with van der Waals surface area (Å²) in [6.45, 7) is 6.13. The number of esters is 1. The molecule has 0 radical (unpaired) electrons. The van der Waals surface area contributed by atoms with E-state index >= 15 is 0 Å². The molecule has 6 heteroatoms. The second-order valence-electron chi connectivity index (χ2n) is 7.84. The number of methoxy groups -OCH3 is 1. The number of Topliss-reactive ketones (excluding diaryl/α,β-unsaturated/α-hetero) is 1. The molecular weight excluding hydrogens is 358 g/mol. The molecule has 28 heavy (non-hydrogen) atoms. The highest BCUT2D eigenvalue weighted by atomic mass is 16.5. The molecule has 6 nitrogen and oxygen atoms in total. The van der Waals surface area contributed by atoms with Crippen LogP contribution in [0.15, 0.2) is 24.3 Å². The van der Waals surface area contributed by atoms with Crippen molar-refractivity contribution < 1.29 is 23.9 Å². The van der Waals surface area contributed by atoms with Crippen molar-refractivity contribution in [3.8, 4) is 5.75 Å². The Morgan fingerprint density at radius 3 is 2.36 bits per heavy atom. The van der Waals surface area contributed by atoms with Crippen LogP contribution in [-0.2, 0) is 25.5 Å². The molecule has 1 aromatic rings. The lowest BCUT2D eigenvalue weighted by Gasteiger charge is -2.39. The van der Waals surface area contributed by atoms with Gasteiger partial charge in [-0.05, 0) is 49.8 Å².